The van der Waals surface area contributed by atoms with Crippen LogP contribution >= 0.6 is 0 Å². The predicted octanol–water partition coefficient (Wildman–Crippen LogP) is 2.32. The third-order valence-corrected chi connectivity index (χ3v) is 8.60. The summed E-state index contributed by atoms with van der Waals surface area (Å²) in [5.74, 6) is -4.83. The van der Waals surface area contributed by atoms with Gasteiger partial charge in [-0.3, -0.25) is 8.99 Å². The highest BCUT2D eigenvalue weighted by molar-refractivity contribution is 7.93. The molecule has 3 aliphatic rings. The van der Waals surface area contributed by atoms with Crippen LogP contribution in [0.2, 0.25) is 0 Å². The van der Waals surface area contributed by atoms with E-state index in [2.05, 4.69) is 20.5 Å². The minimum absolute atomic E-state index is 0.0182. The van der Waals surface area contributed by atoms with E-state index in [1.807, 2.05) is 0 Å². The molecule has 1 aliphatic carbocycles. The largest absolute Gasteiger partial charge is 0.453 e. The zero-order valence-electron chi connectivity index (χ0n) is 19.1. The normalized spacial score (nSPS) is 24.3. The molecule has 194 valence electrons. The van der Waals surface area contributed by atoms with Gasteiger partial charge in [-0.2, -0.15) is 5.10 Å². The maximum absolute atomic E-state index is 13.6. The number of sulfonamides is 1. The first-order chi connectivity index (χ1) is 17.1. The van der Waals surface area contributed by atoms with Gasteiger partial charge in [-0.05, 0) is 19.3 Å². The molecule has 36 heavy (non-hydrogen) atoms. The SMILES string of the molecule is COC(=O)NC1CN(c2cnn3c2CN(C(=O)Nc2cc(F)c(F)c(F)c2)[C@H]2CCC[C@H]23)S(=O)(=O)C1. The first-order valence-corrected chi connectivity index (χ1v) is 12.8. The molecule has 3 atom stereocenters. The number of ether oxygens (including phenoxy) is 1. The molecule has 2 fully saturated rings. The molecule has 0 radical (unpaired) electrons. The molecule has 15 heteroatoms. The van der Waals surface area contributed by atoms with Crippen molar-refractivity contribution in [2.45, 2.75) is 43.9 Å². The number of benzene rings is 1. The van der Waals surface area contributed by atoms with Crippen molar-refractivity contribution in [1.29, 1.82) is 0 Å². The smallest absolute Gasteiger partial charge is 0.407 e. The van der Waals surface area contributed by atoms with E-state index in [0.29, 0.717) is 30.7 Å². The summed E-state index contributed by atoms with van der Waals surface area (Å²) in [6.07, 6.45) is 2.82. The number of carbonyl (C=O) groups is 2. The fraction of sp³-hybridized carbons (Fsp3) is 0.476. The minimum Gasteiger partial charge on any atom is -0.453 e. The van der Waals surface area contributed by atoms with Gasteiger partial charge in [0.2, 0.25) is 10.0 Å². The van der Waals surface area contributed by atoms with Gasteiger partial charge in [0.05, 0.1) is 61.7 Å². The summed E-state index contributed by atoms with van der Waals surface area (Å²) >= 11 is 0. The van der Waals surface area contributed by atoms with E-state index >= 15 is 0 Å². The lowest BCUT2D eigenvalue weighted by molar-refractivity contribution is 0.139. The molecule has 5 rings (SSSR count). The Morgan fingerprint density at radius 1 is 1.14 bits per heavy atom. The number of nitrogens with one attached hydrogen (secondary N) is 2. The highest BCUT2D eigenvalue weighted by atomic mass is 32.2. The number of amides is 3. The fourth-order valence-electron chi connectivity index (χ4n) is 5.19. The Hall–Kier alpha value is -3.49. The number of fused-ring (bicyclic) bond motifs is 3. The van der Waals surface area contributed by atoms with Crippen molar-refractivity contribution in [1.82, 2.24) is 20.0 Å². The van der Waals surface area contributed by atoms with Crippen molar-refractivity contribution in [3.63, 3.8) is 0 Å². The van der Waals surface area contributed by atoms with Gasteiger partial charge in [0.25, 0.3) is 0 Å². The van der Waals surface area contributed by atoms with Crippen molar-refractivity contribution in [2.24, 2.45) is 0 Å². The number of urea groups is 1. The summed E-state index contributed by atoms with van der Waals surface area (Å²) in [5.41, 5.74) is 0.516. The van der Waals surface area contributed by atoms with Crippen LogP contribution in [-0.4, -0.2) is 66.7 Å². The van der Waals surface area contributed by atoms with E-state index in [4.69, 9.17) is 0 Å². The molecular weight excluding hydrogens is 505 g/mol. The van der Waals surface area contributed by atoms with Crippen molar-refractivity contribution in [3.05, 3.63) is 41.5 Å². The summed E-state index contributed by atoms with van der Waals surface area (Å²) in [7, 11) is -2.62. The average Bonchev–Trinajstić information content (AvgIpc) is 3.52. The van der Waals surface area contributed by atoms with E-state index in [1.165, 1.54) is 18.2 Å². The minimum atomic E-state index is -3.80. The Bertz CT molecular complexity index is 1310. The summed E-state index contributed by atoms with van der Waals surface area (Å²) in [6.45, 7) is -0.0554. The number of anilines is 2. The molecule has 3 amide bonds. The topological polar surface area (TPSA) is 126 Å². The third kappa shape index (κ3) is 4.10. The van der Waals surface area contributed by atoms with Gasteiger partial charge in [-0.15, -0.1) is 0 Å². The van der Waals surface area contributed by atoms with Crippen LogP contribution in [0.5, 0.6) is 0 Å². The van der Waals surface area contributed by atoms with Crippen LogP contribution in [-0.2, 0) is 21.3 Å². The summed E-state index contributed by atoms with van der Waals surface area (Å²) < 4.78 is 73.9. The van der Waals surface area contributed by atoms with Crippen molar-refractivity contribution in [3.8, 4) is 0 Å². The van der Waals surface area contributed by atoms with Crippen LogP contribution in [0.25, 0.3) is 0 Å². The second kappa shape index (κ2) is 8.87. The molecule has 0 bridgehead atoms. The van der Waals surface area contributed by atoms with Gasteiger partial charge in [0, 0.05) is 17.8 Å². The van der Waals surface area contributed by atoms with Gasteiger partial charge in [0.15, 0.2) is 17.5 Å². The summed E-state index contributed by atoms with van der Waals surface area (Å²) in [5, 5.41) is 9.32. The van der Waals surface area contributed by atoms with Crippen LogP contribution < -0.4 is 14.9 Å². The van der Waals surface area contributed by atoms with E-state index < -0.39 is 45.6 Å². The quantitative estimate of drug-likeness (QED) is 0.589. The number of rotatable bonds is 3. The number of carbonyl (C=O) groups excluding carboxylic acids is 2. The molecule has 1 unspecified atom stereocenters. The van der Waals surface area contributed by atoms with Crippen LogP contribution in [0.4, 0.5) is 34.1 Å². The molecular formula is C21H23F3N6O5S. The Kier molecular flexibility index (Phi) is 5.97. The summed E-state index contributed by atoms with van der Waals surface area (Å²) in [6, 6.07) is -0.483. The molecule has 11 nitrogen and oxygen atoms in total. The molecule has 1 aromatic heterocycles. The number of hydrogen-bond acceptors (Lipinski definition) is 6. The Labute approximate surface area is 204 Å². The second-order valence-electron chi connectivity index (χ2n) is 8.94. The number of halogens is 3. The van der Waals surface area contributed by atoms with E-state index in [9.17, 15) is 31.2 Å². The number of nitrogens with zero attached hydrogens (tertiary/aromatic N) is 4. The van der Waals surface area contributed by atoms with Gasteiger partial charge >= 0.3 is 12.1 Å². The van der Waals surface area contributed by atoms with Crippen molar-refractivity contribution in [2.75, 3.05) is 29.0 Å². The maximum atomic E-state index is 13.6. The molecule has 2 aliphatic heterocycles. The van der Waals surface area contributed by atoms with Gasteiger partial charge < -0.3 is 20.3 Å². The Balaban J connectivity index is 1.43. The summed E-state index contributed by atoms with van der Waals surface area (Å²) in [4.78, 5) is 26.2. The molecule has 1 saturated heterocycles. The molecule has 1 saturated carbocycles. The Morgan fingerprint density at radius 3 is 2.53 bits per heavy atom. The fourth-order valence-corrected chi connectivity index (χ4v) is 6.93. The average molecular weight is 529 g/mol. The molecule has 2 aromatic rings. The molecule has 3 heterocycles. The lowest BCUT2D eigenvalue weighted by Crippen LogP contribution is -2.49. The first kappa shape index (κ1) is 24.2. The van der Waals surface area contributed by atoms with Crippen LogP contribution in [0.15, 0.2) is 18.3 Å². The van der Waals surface area contributed by atoms with Gasteiger partial charge in [0.1, 0.15) is 0 Å². The molecule has 0 spiro atoms. The third-order valence-electron chi connectivity index (χ3n) is 6.76. The monoisotopic (exact) mass is 528 g/mol. The van der Waals surface area contributed by atoms with Gasteiger partial charge in [-0.25, -0.2) is 31.2 Å². The molecule has 1 aromatic carbocycles. The maximum Gasteiger partial charge on any atom is 0.407 e. The lowest BCUT2D eigenvalue weighted by Gasteiger charge is -2.39. The second-order valence-corrected chi connectivity index (χ2v) is 10.9. The number of methoxy groups -OCH3 is 1. The zero-order valence-corrected chi connectivity index (χ0v) is 19.9. The first-order valence-electron chi connectivity index (χ1n) is 11.2. The van der Waals surface area contributed by atoms with Crippen LogP contribution in [0.3, 0.4) is 0 Å². The highest BCUT2D eigenvalue weighted by Gasteiger charge is 2.45. The van der Waals surface area contributed by atoms with Crippen molar-refractivity contribution < 1.29 is 35.9 Å². The Morgan fingerprint density at radius 2 is 1.83 bits per heavy atom. The highest BCUT2D eigenvalue weighted by Crippen LogP contribution is 2.42. The van der Waals surface area contributed by atoms with E-state index in [1.54, 1.807) is 4.68 Å². The standard InChI is InChI=1S/C21H23F3N6O5S/c1-35-21(32)27-12-8-29(36(33,34)10-12)17-7-25-30-16-4-2-3-15(16)28(9-18(17)30)20(31)26-11-5-13(22)19(24)14(23)6-11/h5-7,12,15-16H,2-4,8-10H2,1H3,(H,26,31)(H,27,32)/t12?,15-,16+/m0/s1. The predicted molar refractivity (Wildman–Crippen MR) is 120 cm³/mol. The zero-order chi connectivity index (χ0) is 25.8. The molecule has 2 N–H and O–H groups in total. The van der Waals surface area contributed by atoms with Crippen molar-refractivity contribution >= 4 is 33.5 Å². The number of aromatic nitrogens is 2. The van der Waals surface area contributed by atoms with E-state index in [0.717, 1.165) is 10.7 Å². The van der Waals surface area contributed by atoms with Crippen LogP contribution in [0, 0.1) is 17.5 Å². The number of hydrogen-bond donors (Lipinski definition) is 2. The van der Waals surface area contributed by atoms with E-state index in [-0.39, 0.29) is 42.3 Å². The number of alkyl carbamates (subject to hydrolysis) is 1. The van der Waals surface area contributed by atoms with Gasteiger partial charge in [-0.1, -0.05) is 0 Å². The lowest BCUT2D eigenvalue weighted by atomic mass is 10.1. The van der Waals surface area contributed by atoms with Crippen LogP contribution in [0.1, 0.15) is 31.0 Å².